The molecule has 0 fully saturated rings. The molecule has 0 saturated carbocycles. The summed E-state index contributed by atoms with van der Waals surface area (Å²) in [5.41, 5.74) is 0.405. The van der Waals surface area contributed by atoms with E-state index in [9.17, 15) is 9.59 Å². The highest BCUT2D eigenvalue weighted by Crippen LogP contribution is 2.29. The number of carbonyl (C=O) groups excluding carboxylic acids is 1. The van der Waals surface area contributed by atoms with Crippen LogP contribution in [0, 0.1) is 0 Å². The van der Waals surface area contributed by atoms with Crippen LogP contribution in [0.5, 0.6) is 11.5 Å². The second-order valence-electron chi connectivity index (χ2n) is 4.89. The van der Waals surface area contributed by atoms with Gasteiger partial charge in [-0.1, -0.05) is 19.4 Å². The third-order valence-electron chi connectivity index (χ3n) is 2.88. The SMILES string of the molecule is CCCCOc1ccc(/C=C(/NC(C)=O)C(=O)O)cc1OCC. The number of hydrogen-bond acceptors (Lipinski definition) is 4. The molecule has 0 aliphatic carbocycles. The molecule has 0 unspecified atom stereocenters. The molecule has 0 heterocycles. The second kappa shape index (κ2) is 9.50. The molecule has 0 bridgehead atoms. The quantitative estimate of drug-likeness (QED) is 0.539. The van der Waals surface area contributed by atoms with Gasteiger partial charge in [0.2, 0.25) is 5.91 Å². The second-order valence-corrected chi connectivity index (χ2v) is 4.89. The zero-order valence-corrected chi connectivity index (χ0v) is 13.7. The van der Waals surface area contributed by atoms with E-state index in [1.807, 2.05) is 6.92 Å². The Morgan fingerprint density at radius 1 is 1.22 bits per heavy atom. The molecular formula is C17H23NO5. The molecule has 1 rings (SSSR count). The molecular weight excluding hydrogens is 298 g/mol. The van der Waals surface area contributed by atoms with Gasteiger partial charge in [0.05, 0.1) is 13.2 Å². The first kappa shape index (κ1) is 18.5. The third-order valence-corrected chi connectivity index (χ3v) is 2.88. The lowest BCUT2D eigenvalue weighted by molar-refractivity contribution is -0.134. The van der Waals surface area contributed by atoms with E-state index < -0.39 is 11.9 Å². The topological polar surface area (TPSA) is 84.9 Å². The van der Waals surface area contributed by atoms with Gasteiger partial charge in [-0.2, -0.15) is 0 Å². The summed E-state index contributed by atoms with van der Waals surface area (Å²) >= 11 is 0. The van der Waals surface area contributed by atoms with E-state index in [2.05, 4.69) is 12.2 Å². The maximum atomic E-state index is 11.2. The van der Waals surface area contributed by atoms with Gasteiger partial charge in [0.15, 0.2) is 11.5 Å². The van der Waals surface area contributed by atoms with Gasteiger partial charge in [-0.05, 0) is 37.1 Å². The monoisotopic (exact) mass is 321 g/mol. The van der Waals surface area contributed by atoms with Crippen molar-refractivity contribution in [3.63, 3.8) is 0 Å². The third kappa shape index (κ3) is 6.42. The summed E-state index contributed by atoms with van der Waals surface area (Å²) in [7, 11) is 0. The van der Waals surface area contributed by atoms with Crippen LogP contribution in [-0.4, -0.2) is 30.2 Å². The van der Waals surface area contributed by atoms with Crippen LogP contribution in [0.4, 0.5) is 0 Å². The number of carboxylic acids is 1. The molecule has 1 amide bonds. The van der Waals surface area contributed by atoms with Crippen molar-refractivity contribution in [2.45, 2.75) is 33.6 Å². The van der Waals surface area contributed by atoms with E-state index >= 15 is 0 Å². The Balaban J connectivity index is 3.05. The minimum Gasteiger partial charge on any atom is -0.490 e. The van der Waals surface area contributed by atoms with Gasteiger partial charge in [-0.3, -0.25) is 4.79 Å². The van der Waals surface area contributed by atoms with Crippen molar-refractivity contribution in [1.82, 2.24) is 5.32 Å². The van der Waals surface area contributed by atoms with Crippen molar-refractivity contribution < 1.29 is 24.2 Å². The number of rotatable bonds is 9. The van der Waals surface area contributed by atoms with Crippen LogP contribution in [0.1, 0.15) is 39.2 Å². The molecule has 23 heavy (non-hydrogen) atoms. The number of carboxylic acid groups (broad SMARTS) is 1. The Morgan fingerprint density at radius 2 is 1.96 bits per heavy atom. The standard InChI is InChI=1S/C17H23NO5/c1-4-6-9-23-15-8-7-13(11-16(15)22-5-2)10-14(17(20)21)18-12(3)19/h7-8,10-11H,4-6,9H2,1-3H3,(H,18,19)(H,20,21)/b14-10+. The van der Waals surface area contributed by atoms with Crippen LogP contribution >= 0.6 is 0 Å². The minimum absolute atomic E-state index is 0.195. The van der Waals surface area contributed by atoms with Gasteiger partial charge in [-0.25, -0.2) is 4.79 Å². The fraction of sp³-hybridized carbons (Fsp3) is 0.412. The van der Waals surface area contributed by atoms with Crippen molar-refractivity contribution in [3.8, 4) is 11.5 Å². The Kier molecular flexibility index (Phi) is 7.66. The normalized spacial score (nSPS) is 11.0. The first-order chi connectivity index (χ1) is 11.0. The number of amides is 1. The number of carbonyl (C=O) groups is 2. The van der Waals surface area contributed by atoms with Gasteiger partial charge in [-0.15, -0.1) is 0 Å². The lowest BCUT2D eigenvalue weighted by atomic mass is 10.1. The predicted octanol–water partition coefficient (Wildman–Crippen LogP) is 2.83. The molecule has 6 nitrogen and oxygen atoms in total. The fourth-order valence-electron chi connectivity index (χ4n) is 1.84. The summed E-state index contributed by atoms with van der Waals surface area (Å²) in [5, 5.41) is 11.4. The van der Waals surface area contributed by atoms with E-state index in [0.29, 0.717) is 30.3 Å². The van der Waals surface area contributed by atoms with Crippen molar-refractivity contribution in [1.29, 1.82) is 0 Å². The highest BCUT2D eigenvalue weighted by Gasteiger charge is 2.11. The van der Waals surface area contributed by atoms with Crippen molar-refractivity contribution in [2.24, 2.45) is 0 Å². The number of unbranched alkanes of at least 4 members (excludes halogenated alkanes) is 1. The molecule has 0 radical (unpaired) electrons. The number of nitrogens with one attached hydrogen (secondary N) is 1. The van der Waals surface area contributed by atoms with E-state index in [-0.39, 0.29) is 5.70 Å². The van der Waals surface area contributed by atoms with E-state index in [4.69, 9.17) is 14.6 Å². The summed E-state index contributed by atoms with van der Waals surface area (Å²) in [4.78, 5) is 22.2. The Hall–Kier alpha value is -2.50. The van der Waals surface area contributed by atoms with Crippen LogP contribution < -0.4 is 14.8 Å². The van der Waals surface area contributed by atoms with Gasteiger partial charge in [0.25, 0.3) is 0 Å². The van der Waals surface area contributed by atoms with Crippen LogP contribution in [0.2, 0.25) is 0 Å². The van der Waals surface area contributed by atoms with Gasteiger partial charge in [0, 0.05) is 6.92 Å². The molecule has 0 aliphatic heterocycles. The summed E-state index contributed by atoms with van der Waals surface area (Å²) in [5.74, 6) is -0.483. The molecule has 2 N–H and O–H groups in total. The largest absolute Gasteiger partial charge is 0.490 e. The molecule has 0 saturated heterocycles. The average Bonchev–Trinajstić information content (AvgIpc) is 2.48. The molecule has 1 aromatic carbocycles. The Bertz CT molecular complexity index is 580. The van der Waals surface area contributed by atoms with Crippen LogP contribution in [0.15, 0.2) is 23.9 Å². The lowest BCUT2D eigenvalue weighted by Gasteiger charge is -2.12. The van der Waals surface area contributed by atoms with E-state index in [0.717, 1.165) is 12.8 Å². The van der Waals surface area contributed by atoms with Crippen molar-refractivity contribution in [3.05, 3.63) is 29.5 Å². The highest BCUT2D eigenvalue weighted by atomic mass is 16.5. The molecule has 0 spiro atoms. The molecule has 126 valence electrons. The molecule has 0 aromatic heterocycles. The molecule has 0 aliphatic rings. The summed E-state index contributed by atoms with van der Waals surface area (Å²) in [6, 6.07) is 5.14. The smallest absolute Gasteiger partial charge is 0.352 e. The summed E-state index contributed by atoms with van der Waals surface area (Å²) < 4.78 is 11.2. The van der Waals surface area contributed by atoms with Crippen molar-refractivity contribution in [2.75, 3.05) is 13.2 Å². The van der Waals surface area contributed by atoms with Gasteiger partial charge in [0.1, 0.15) is 5.70 Å². The zero-order chi connectivity index (χ0) is 17.2. The summed E-state index contributed by atoms with van der Waals surface area (Å²) in [6.45, 7) is 6.26. The van der Waals surface area contributed by atoms with Crippen LogP contribution in [-0.2, 0) is 9.59 Å². The van der Waals surface area contributed by atoms with Gasteiger partial charge >= 0.3 is 5.97 Å². The molecule has 6 heteroatoms. The predicted molar refractivity (Wildman–Crippen MR) is 87.4 cm³/mol. The number of benzene rings is 1. The zero-order valence-electron chi connectivity index (χ0n) is 13.7. The van der Waals surface area contributed by atoms with Crippen molar-refractivity contribution >= 4 is 18.0 Å². The Labute approximate surface area is 136 Å². The number of aliphatic carboxylic acids is 1. The highest BCUT2D eigenvalue weighted by molar-refractivity contribution is 5.96. The lowest BCUT2D eigenvalue weighted by Crippen LogP contribution is -2.24. The molecule has 0 atom stereocenters. The van der Waals surface area contributed by atoms with E-state index in [1.54, 1.807) is 18.2 Å². The summed E-state index contributed by atoms with van der Waals surface area (Å²) in [6.07, 6.45) is 3.35. The first-order valence-electron chi connectivity index (χ1n) is 7.60. The average molecular weight is 321 g/mol. The Morgan fingerprint density at radius 3 is 2.52 bits per heavy atom. The van der Waals surface area contributed by atoms with Crippen LogP contribution in [0.3, 0.4) is 0 Å². The van der Waals surface area contributed by atoms with Crippen LogP contribution in [0.25, 0.3) is 6.08 Å². The maximum Gasteiger partial charge on any atom is 0.352 e. The molecule has 1 aromatic rings. The maximum absolute atomic E-state index is 11.2. The minimum atomic E-state index is -1.21. The van der Waals surface area contributed by atoms with E-state index in [1.165, 1.54) is 13.0 Å². The first-order valence-corrected chi connectivity index (χ1v) is 7.60. The number of hydrogen-bond donors (Lipinski definition) is 2. The van der Waals surface area contributed by atoms with Gasteiger partial charge < -0.3 is 19.9 Å². The number of ether oxygens (including phenoxy) is 2. The fourth-order valence-corrected chi connectivity index (χ4v) is 1.84.